The predicted octanol–water partition coefficient (Wildman–Crippen LogP) is 4.04. The Morgan fingerprint density at radius 2 is 1.91 bits per heavy atom. The molecule has 0 saturated carbocycles. The van der Waals surface area contributed by atoms with Crippen molar-refractivity contribution in [2.24, 2.45) is 0 Å². The molecular formula is C24H20N4O3S. The monoisotopic (exact) mass is 444 g/mol. The highest BCUT2D eigenvalue weighted by Gasteiger charge is 2.19. The first-order valence-corrected chi connectivity index (χ1v) is 11.4. The van der Waals surface area contributed by atoms with E-state index in [4.69, 9.17) is 6.42 Å². The number of carbonyl (C=O) groups excluding carboxylic acids is 1. The summed E-state index contributed by atoms with van der Waals surface area (Å²) in [6, 6.07) is 13.5. The van der Waals surface area contributed by atoms with Gasteiger partial charge in [-0.3, -0.25) is 4.79 Å². The fourth-order valence-corrected chi connectivity index (χ4v) is 4.24. The number of carbonyl (C=O) groups is 1. The van der Waals surface area contributed by atoms with Crippen LogP contribution in [0.2, 0.25) is 0 Å². The molecule has 0 spiro atoms. The molecule has 0 unspecified atom stereocenters. The smallest absolute Gasteiger partial charge is 0.259 e. The predicted molar refractivity (Wildman–Crippen MR) is 124 cm³/mol. The van der Waals surface area contributed by atoms with E-state index in [9.17, 15) is 13.2 Å². The van der Waals surface area contributed by atoms with Crippen LogP contribution in [0.1, 0.15) is 29.8 Å². The second-order valence-electron chi connectivity index (χ2n) is 7.45. The Morgan fingerprint density at radius 1 is 1.16 bits per heavy atom. The molecule has 0 atom stereocenters. The van der Waals surface area contributed by atoms with E-state index in [1.165, 1.54) is 0 Å². The van der Waals surface area contributed by atoms with E-state index < -0.39 is 15.1 Å². The molecular weight excluding hydrogens is 424 g/mol. The lowest BCUT2D eigenvalue weighted by molar-refractivity contribution is 0.102. The number of anilines is 1. The Bertz CT molecular complexity index is 1460. The summed E-state index contributed by atoms with van der Waals surface area (Å²) in [5.74, 6) is 2.18. The number of terminal acetylenes is 1. The van der Waals surface area contributed by atoms with Crippen LogP contribution in [0.5, 0.6) is 0 Å². The van der Waals surface area contributed by atoms with Gasteiger partial charge in [0.15, 0.2) is 15.5 Å². The summed E-state index contributed by atoms with van der Waals surface area (Å²) in [6.45, 7) is 3.29. The van der Waals surface area contributed by atoms with Crippen LogP contribution in [0.15, 0.2) is 65.8 Å². The summed E-state index contributed by atoms with van der Waals surface area (Å²) in [6.07, 6.45) is 8.54. The molecule has 8 heteroatoms. The number of aromatic amines is 1. The summed E-state index contributed by atoms with van der Waals surface area (Å²) >= 11 is 0. The Kier molecular flexibility index (Phi) is 5.51. The maximum atomic E-state index is 12.8. The van der Waals surface area contributed by atoms with Gasteiger partial charge in [0.05, 0.1) is 27.6 Å². The molecule has 2 N–H and O–H groups in total. The van der Waals surface area contributed by atoms with Crippen LogP contribution in [0.4, 0.5) is 5.69 Å². The van der Waals surface area contributed by atoms with Crippen molar-refractivity contribution in [1.29, 1.82) is 0 Å². The van der Waals surface area contributed by atoms with Crippen molar-refractivity contribution in [1.82, 2.24) is 15.0 Å². The molecule has 1 amide bonds. The van der Waals surface area contributed by atoms with Crippen LogP contribution in [-0.4, -0.2) is 34.5 Å². The number of aromatic nitrogens is 3. The number of nitrogens with one attached hydrogen (secondary N) is 2. The SMILES string of the molecule is C#Cc1cccc(NC(=O)c2c[nH]c3ncc(-c4ccc(S(=O)(=O)C(C)C)cc4)nc23)c1. The molecule has 0 aliphatic carbocycles. The summed E-state index contributed by atoms with van der Waals surface area (Å²) in [5, 5.41) is 2.31. The van der Waals surface area contributed by atoms with Crippen molar-refractivity contribution in [3.8, 4) is 23.6 Å². The van der Waals surface area contributed by atoms with E-state index in [1.807, 2.05) is 0 Å². The molecule has 4 aromatic rings. The molecule has 0 bridgehead atoms. The maximum absolute atomic E-state index is 12.8. The molecule has 7 nitrogen and oxygen atoms in total. The molecule has 4 rings (SSSR count). The first-order valence-electron chi connectivity index (χ1n) is 9.86. The van der Waals surface area contributed by atoms with Crippen LogP contribution >= 0.6 is 0 Å². The van der Waals surface area contributed by atoms with Gasteiger partial charge in [-0.1, -0.05) is 24.1 Å². The highest BCUT2D eigenvalue weighted by Crippen LogP contribution is 2.24. The molecule has 2 heterocycles. The van der Waals surface area contributed by atoms with Crippen molar-refractivity contribution in [2.75, 3.05) is 5.32 Å². The van der Waals surface area contributed by atoms with Crippen LogP contribution in [-0.2, 0) is 9.84 Å². The zero-order valence-electron chi connectivity index (χ0n) is 17.5. The van der Waals surface area contributed by atoms with Crippen LogP contribution in [0.3, 0.4) is 0 Å². The topological polar surface area (TPSA) is 105 Å². The van der Waals surface area contributed by atoms with Gasteiger partial charge < -0.3 is 10.3 Å². The van der Waals surface area contributed by atoms with Crippen molar-refractivity contribution >= 4 is 32.6 Å². The van der Waals surface area contributed by atoms with Gasteiger partial charge in [-0.05, 0) is 44.2 Å². The van der Waals surface area contributed by atoms with Crippen molar-refractivity contribution in [2.45, 2.75) is 24.0 Å². The summed E-state index contributed by atoms with van der Waals surface area (Å²) in [5.41, 5.74) is 3.66. The lowest BCUT2D eigenvalue weighted by Crippen LogP contribution is -2.13. The van der Waals surface area contributed by atoms with Crippen molar-refractivity contribution in [3.05, 3.63) is 72.1 Å². The number of amides is 1. The van der Waals surface area contributed by atoms with Gasteiger partial charge in [0, 0.05) is 23.0 Å². The van der Waals surface area contributed by atoms with Gasteiger partial charge >= 0.3 is 0 Å². The number of hydrogen-bond acceptors (Lipinski definition) is 5. The zero-order chi connectivity index (χ0) is 22.9. The minimum Gasteiger partial charge on any atom is -0.344 e. The van der Waals surface area contributed by atoms with Gasteiger partial charge in [-0.25, -0.2) is 18.4 Å². The number of sulfone groups is 1. The molecule has 0 fully saturated rings. The van der Waals surface area contributed by atoms with E-state index in [-0.39, 0.29) is 10.8 Å². The van der Waals surface area contributed by atoms with E-state index in [0.717, 1.165) is 0 Å². The van der Waals surface area contributed by atoms with Crippen molar-refractivity contribution < 1.29 is 13.2 Å². The third-order valence-corrected chi connectivity index (χ3v) is 7.18. The second-order valence-corrected chi connectivity index (χ2v) is 9.96. The molecule has 0 saturated heterocycles. The van der Waals surface area contributed by atoms with Gasteiger partial charge in [0.25, 0.3) is 5.91 Å². The molecule has 0 radical (unpaired) electrons. The van der Waals surface area contributed by atoms with Gasteiger partial charge in [-0.2, -0.15) is 0 Å². The van der Waals surface area contributed by atoms with Crippen LogP contribution in [0.25, 0.3) is 22.4 Å². The average Bonchev–Trinajstić information content (AvgIpc) is 3.22. The van der Waals surface area contributed by atoms with Crippen LogP contribution in [0, 0.1) is 12.3 Å². The minimum absolute atomic E-state index is 0.251. The fourth-order valence-electron chi connectivity index (χ4n) is 3.18. The van der Waals surface area contributed by atoms with E-state index in [0.29, 0.717) is 39.2 Å². The molecule has 160 valence electrons. The van der Waals surface area contributed by atoms with E-state index in [1.54, 1.807) is 74.8 Å². The van der Waals surface area contributed by atoms with E-state index in [2.05, 4.69) is 26.2 Å². The quantitative estimate of drug-likeness (QED) is 0.452. The summed E-state index contributed by atoms with van der Waals surface area (Å²) in [7, 11) is -3.36. The van der Waals surface area contributed by atoms with Crippen LogP contribution < -0.4 is 5.32 Å². The number of rotatable bonds is 5. The second kappa shape index (κ2) is 8.29. The Labute approximate surface area is 185 Å². The third kappa shape index (κ3) is 3.98. The number of fused-ring (bicyclic) bond motifs is 1. The average molecular weight is 445 g/mol. The first kappa shape index (κ1) is 21.3. The standard InChI is InChI=1S/C24H20N4O3S/c1-4-16-6-5-7-18(12-16)27-24(29)20-13-25-23-22(20)28-21(14-26-23)17-8-10-19(11-9-17)32(30,31)15(2)3/h1,5-15H,2-3H3,(H,25,26)(H,27,29). The maximum Gasteiger partial charge on any atom is 0.259 e. The van der Waals surface area contributed by atoms with Gasteiger partial charge in [0.1, 0.15) is 5.52 Å². The molecule has 2 aromatic carbocycles. The molecule has 32 heavy (non-hydrogen) atoms. The number of hydrogen-bond donors (Lipinski definition) is 2. The number of H-pyrrole nitrogens is 1. The Hall–Kier alpha value is -3.96. The Morgan fingerprint density at radius 3 is 2.59 bits per heavy atom. The van der Waals surface area contributed by atoms with E-state index >= 15 is 0 Å². The third-order valence-electron chi connectivity index (χ3n) is 5.01. The Balaban J connectivity index is 1.66. The summed E-state index contributed by atoms with van der Waals surface area (Å²) in [4.78, 5) is 25.0. The number of nitrogens with zero attached hydrogens (tertiary/aromatic N) is 2. The summed E-state index contributed by atoms with van der Waals surface area (Å²) < 4.78 is 24.7. The largest absolute Gasteiger partial charge is 0.344 e. The van der Waals surface area contributed by atoms with Gasteiger partial charge in [0.2, 0.25) is 0 Å². The normalized spacial score (nSPS) is 11.4. The molecule has 0 aliphatic rings. The molecule has 2 aromatic heterocycles. The lowest BCUT2D eigenvalue weighted by Gasteiger charge is -2.08. The lowest BCUT2D eigenvalue weighted by atomic mass is 10.1. The van der Waals surface area contributed by atoms with Gasteiger partial charge in [-0.15, -0.1) is 6.42 Å². The highest BCUT2D eigenvalue weighted by atomic mass is 32.2. The van der Waals surface area contributed by atoms with Crippen molar-refractivity contribution in [3.63, 3.8) is 0 Å². The fraction of sp³-hybridized carbons (Fsp3) is 0.125. The number of benzene rings is 2. The minimum atomic E-state index is -3.36. The first-order chi connectivity index (χ1) is 15.3. The highest BCUT2D eigenvalue weighted by molar-refractivity contribution is 7.92. The molecule has 0 aliphatic heterocycles. The zero-order valence-corrected chi connectivity index (χ0v) is 18.3.